The molecule has 0 aliphatic heterocycles. The van der Waals surface area contributed by atoms with Gasteiger partial charge in [0.1, 0.15) is 10.8 Å². The highest BCUT2D eigenvalue weighted by Gasteiger charge is 2.31. The van der Waals surface area contributed by atoms with Crippen LogP contribution in [-0.2, 0) is 6.18 Å². The predicted octanol–water partition coefficient (Wildman–Crippen LogP) is 5.20. The van der Waals surface area contributed by atoms with Crippen molar-refractivity contribution in [2.45, 2.75) is 6.18 Å². The van der Waals surface area contributed by atoms with Crippen LogP contribution in [0.2, 0.25) is 0 Å². The molecule has 0 aliphatic carbocycles. The van der Waals surface area contributed by atoms with Gasteiger partial charge in [-0.1, -0.05) is 30.3 Å². The van der Waals surface area contributed by atoms with Crippen LogP contribution < -0.4 is 0 Å². The molecule has 1 heterocycles. The quantitative estimate of drug-likeness (QED) is 0.703. The molecule has 6 heteroatoms. The minimum absolute atomic E-state index is 0.284. The maximum absolute atomic E-state index is 12.6. The van der Waals surface area contributed by atoms with E-state index in [1.54, 1.807) is 5.38 Å². The van der Waals surface area contributed by atoms with E-state index in [9.17, 15) is 18.3 Å². The van der Waals surface area contributed by atoms with E-state index in [4.69, 9.17) is 0 Å². The van der Waals surface area contributed by atoms with Crippen molar-refractivity contribution in [3.05, 3.63) is 59.5 Å². The number of phenolic OH excluding ortho intramolecular Hbond substituents is 1. The summed E-state index contributed by atoms with van der Waals surface area (Å²) < 4.78 is 37.8. The number of aromatic hydroxyl groups is 1. The van der Waals surface area contributed by atoms with E-state index in [-0.39, 0.29) is 5.56 Å². The molecule has 0 aliphatic rings. The zero-order valence-corrected chi connectivity index (χ0v) is 11.9. The van der Waals surface area contributed by atoms with Gasteiger partial charge in [-0.3, -0.25) is 0 Å². The number of hydrogen-bond donors (Lipinski definition) is 1. The van der Waals surface area contributed by atoms with Gasteiger partial charge in [0.25, 0.3) is 0 Å². The van der Waals surface area contributed by atoms with Gasteiger partial charge in [-0.25, -0.2) is 4.98 Å². The first-order chi connectivity index (χ1) is 10.4. The minimum atomic E-state index is -4.48. The Labute approximate surface area is 128 Å². The molecule has 22 heavy (non-hydrogen) atoms. The first kappa shape index (κ1) is 14.6. The minimum Gasteiger partial charge on any atom is -0.507 e. The van der Waals surface area contributed by atoms with Crippen molar-refractivity contribution < 1.29 is 18.3 Å². The lowest BCUT2D eigenvalue weighted by atomic mass is 10.1. The molecule has 0 unspecified atom stereocenters. The Balaban J connectivity index is 1.97. The van der Waals surface area contributed by atoms with E-state index in [0.29, 0.717) is 5.69 Å². The molecule has 0 amide bonds. The molecule has 0 atom stereocenters. The number of halogens is 3. The largest absolute Gasteiger partial charge is 0.507 e. The number of nitrogens with zero attached hydrogens (tertiary/aromatic N) is 1. The summed E-state index contributed by atoms with van der Waals surface area (Å²) in [4.78, 5) is 4.38. The SMILES string of the molecule is Oc1cc(C(F)(F)F)ccc1-c1csc(-c2ccccc2)n1. The fourth-order valence-electron chi connectivity index (χ4n) is 2.04. The monoisotopic (exact) mass is 321 g/mol. The molecule has 3 rings (SSSR count). The predicted molar refractivity (Wildman–Crippen MR) is 79.7 cm³/mol. The second-order valence-electron chi connectivity index (χ2n) is 4.63. The average Bonchev–Trinajstić information content (AvgIpc) is 2.96. The van der Waals surface area contributed by atoms with E-state index in [0.717, 1.165) is 22.7 Å². The Bertz CT molecular complexity index is 797. The third kappa shape index (κ3) is 2.82. The standard InChI is InChI=1S/C16H10F3NOS/c17-16(18,19)11-6-7-12(14(21)8-11)13-9-22-15(20-13)10-4-2-1-3-5-10/h1-9,21H. The van der Waals surface area contributed by atoms with Crippen LogP contribution in [0.25, 0.3) is 21.8 Å². The lowest BCUT2D eigenvalue weighted by molar-refractivity contribution is -0.137. The summed E-state index contributed by atoms with van der Waals surface area (Å²) in [7, 11) is 0. The van der Waals surface area contributed by atoms with E-state index < -0.39 is 17.5 Å². The fourth-order valence-corrected chi connectivity index (χ4v) is 2.86. The molecule has 2 nitrogen and oxygen atoms in total. The van der Waals surface area contributed by atoms with Crippen molar-refractivity contribution in [2.75, 3.05) is 0 Å². The third-order valence-corrected chi connectivity index (χ3v) is 4.02. The number of thiazole rings is 1. The van der Waals surface area contributed by atoms with Crippen molar-refractivity contribution in [1.29, 1.82) is 0 Å². The molecule has 2 aromatic carbocycles. The van der Waals surface area contributed by atoms with Crippen molar-refractivity contribution in [1.82, 2.24) is 4.98 Å². The van der Waals surface area contributed by atoms with E-state index in [2.05, 4.69) is 4.98 Å². The summed E-state index contributed by atoms with van der Waals surface area (Å²) in [5, 5.41) is 12.3. The molecule has 0 fully saturated rings. The van der Waals surface area contributed by atoms with Crippen LogP contribution in [0.5, 0.6) is 5.75 Å². The van der Waals surface area contributed by atoms with Gasteiger partial charge in [0.2, 0.25) is 0 Å². The summed E-state index contributed by atoms with van der Waals surface area (Å²) in [6, 6.07) is 12.3. The van der Waals surface area contributed by atoms with E-state index >= 15 is 0 Å². The third-order valence-electron chi connectivity index (χ3n) is 3.13. The van der Waals surface area contributed by atoms with Gasteiger partial charge in [0, 0.05) is 16.5 Å². The highest BCUT2D eigenvalue weighted by molar-refractivity contribution is 7.13. The summed E-state index contributed by atoms with van der Waals surface area (Å²) in [5.41, 5.74) is 0.777. The van der Waals surface area contributed by atoms with Gasteiger partial charge in [0.05, 0.1) is 11.3 Å². The van der Waals surface area contributed by atoms with Gasteiger partial charge in [0.15, 0.2) is 0 Å². The maximum Gasteiger partial charge on any atom is 0.416 e. The highest BCUT2D eigenvalue weighted by Crippen LogP contribution is 2.37. The number of rotatable bonds is 2. The van der Waals surface area contributed by atoms with Crippen LogP contribution in [-0.4, -0.2) is 10.1 Å². The second kappa shape index (κ2) is 5.46. The zero-order chi connectivity index (χ0) is 15.7. The molecule has 0 saturated carbocycles. The normalized spacial score (nSPS) is 11.6. The maximum atomic E-state index is 12.6. The Morgan fingerprint density at radius 3 is 2.36 bits per heavy atom. The lowest BCUT2D eigenvalue weighted by Crippen LogP contribution is -2.04. The first-order valence-electron chi connectivity index (χ1n) is 6.36. The lowest BCUT2D eigenvalue weighted by Gasteiger charge is -2.08. The molecular formula is C16H10F3NOS. The molecule has 3 aromatic rings. The molecule has 0 bridgehead atoms. The summed E-state index contributed by atoms with van der Waals surface area (Å²) in [6.07, 6.45) is -4.48. The first-order valence-corrected chi connectivity index (χ1v) is 7.24. The second-order valence-corrected chi connectivity index (χ2v) is 5.49. The smallest absolute Gasteiger partial charge is 0.416 e. The molecule has 0 radical (unpaired) electrons. The summed E-state index contributed by atoms with van der Waals surface area (Å²) in [6.45, 7) is 0. The van der Waals surface area contributed by atoms with Crippen LogP contribution in [0.3, 0.4) is 0 Å². The summed E-state index contributed by atoms with van der Waals surface area (Å²) in [5.74, 6) is -0.431. The molecule has 1 aromatic heterocycles. The van der Waals surface area contributed by atoms with Gasteiger partial charge in [-0.05, 0) is 18.2 Å². The molecular weight excluding hydrogens is 311 g/mol. The Kier molecular flexibility index (Phi) is 3.62. The Morgan fingerprint density at radius 2 is 1.73 bits per heavy atom. The van der Waals surface area contributed by atoms with E-state index in [1.165, 1.54) is 17.4 Å². The van der Waals surface area contributed by atoms with Gasteiger partial charge >= 0.3 is 6.18 Å². The number of hydrogen-bond acceptors (Lipinski definition) is 3. The van der Waals surface area contributed by atoms with Crippen molar-refractivity contribution in [3.8, 4) is 27.6 Å². The van der Waals surface area contributed by atoms with Crippen molar-refractivity contribution in [2.24, 2.45) is 0 Å². The van der Waals surface area contributed by atoms with Crippen molar-refractivity contribution in [3.63, 3.8) is 0 Å². The van der Waals surface area contributed by atoms with Gasteiger partial charge in [-0.15, -0.1) is 11.3 Å². The molecule has 1 N–H and O–H groups in total. The summed E-state index contributed by atoms with van der Waals surface area (Å²) >= 11 is 1.37. The Morgan fingerprint density at radius 1 is 1.00 bits per heavy atom. The van der Waals surface area contributed by atoms with Crippen LogP contribution in [0, 0.1) is 0 Å². The van der Waals surface area contributed by atoms with Crippen molar-refractivity contribution >= 4 is 11.3 Å². The van der Waals surface area contributed by atoms with Crippen LogP contribution in [0.15, 0.2) is 53.9 Å². The number of alkyl halides is 3. The fraction of sp³-hybridized carbons (Fsp3) is 0.0625. The van der Waals surface area contributed by atoms with Crippen LogP contribution in [0.4, 0.5) is 13.2 Å². The number of phenols is 1. The topological polar surface area (TPSA) is 33.1 Å². The number of benzene rings is 2. The molecule has 0 saturated heterocycles. The number of aromatic nitrogens is 1. The Hall–Kier alpha value is -2.34. The van der Waals surface area contributed by atoms with Crippen LogP contribution >= 0.6 is 11.3 Å². The molecule has 112 valence electrons. The van der Waals surface area contributed by atoms with Crippen LogP contribution in [0.1, 0.15) is 5.56 Å². The van der Waals surface area contributed by atoms with E-state index in [1.807, 2.05) is 30.3 Å². The van der Waals surface area contributed by atoms with Gasteiger partial charge < -0.3 is 5.11 Å². The highest BCUT2D eigenvalue weighted by atomic mass is 32.1. The molecule has 0 spiro atoms. The zero-order valence-electron chi connectivity index (χ0n) is 11.1. The van der Waals surface area contributed by atoms with Gasteiger partial charge in [-0.2, -0.15) is 13.2 Å². The average molecular weight is 321 g/mol.